The maximum Gasteiger partial charge on any atom is 0.312 e. The molecule has 0 N–H and O–H groups in total. The van der Waals surface area contributed by atoms with Gasteiger partial charge in [-0.1, -0.05) is 0 Å². The van der Waals surface area contributed by atoms with Gasteiger partial charge < -0.3 is 9.64 Å². The number of carbonyl (C=O) groups is 2. The minimum atomic E-state index is -0.411. The average Bonchev–Trinajstić information content (AvgIpc) is 3.30. The highest BCUT2D eigenvalue weighted by atomic mass is 16.6. The van der Waals surface area contributed by atoms with E-state index in [-0.39, 0.29) is 18.0 Å². The molecule has 27 heavy (non-hydrogen) atoms. The number of cyclic esters (lactones) is 1. The van der Waals surface area contributed by atoms with Crippen molar-refractivity contribution < 1.29 is 14.3 Å². The first-order valence-corrected chi connectivity index (χ1v) is 9.82. The molecule has 1 aromatic rings. The Bertz CT molecular complexity index is 754. The van der Waals surface area contributed by atoms with E-state index in [1.807, 2.05) is 4.90 Å². The van der Waals surface area contributed by atoms with Crippen LogP contribution in [0.5, 0.6) is 0 Å². The van der Waals surface area contributed by atoms with E-state index >= 15 is 0 Å². The first kappa shape index (κ1) is 18.0. The van der Waals surface area contributed by atoms with Crippen LogP contribution in [0.1, 0.15) is 48.0 Å². The molecule has 0 bridgehead atoms. The summed E-state index contributed by atoms with van der Waals surface area (Å²) < 4.78 is 5.71. The van der Waals surface area contributed by atoms with Crippen LogP contribution in [0.2, 0.25) is 0 Å². The zero-order chi connectivity index (χ0) is 18.9. The first-order valence-electron chi connectivity index (χ1n) is 9.82. The van der Waals surface area contributed by atoms with Crippen molar-refractivity contribution in [2.24, 2.45) is 5.41 Å². The number of carbonyl (C=O) groups excluding carboxylic acids is 2. The second kappa shape index (κ2) is 7.32. The lowest BCUT2D eigenvalue weighted by molar-refractivity contribution is -0.150. The molecule has 3 aliphatic rings. The van der Waals surface area contributed by atoms with Crippen molar-refractivity contribution in [3.63, 3.8) is 0 Å². The number of nitriles is 1. The van der Waals surface area contributed by atoms with E-state index in [0.717, 1.165) is 26.1 Å². The zero-order valence-electron chi connectivity index (χ0n) is 15.5. The molecule has 3 heterocycles. The number of hydrogen-bond acceptors (Lipinski definition) is 5. The second-order valence-corrected chi connectivity index (χ2v) is 8.00. The molecule has 6 heteroatoms. The monoisotopic (exact) mass is 367 g/mol. The van der Waals surface area contributed by atoms with Crippen LogP contribution in [0.4, 0.5) is 0 Å². The average molecular weight is 367 g/mol. The molecule has 1 spiro atoms. The third-order valence-corrected chi connectivity index (χ3v) is 6.25. The number of rotatable bonds is 3. The van der Waals surface area contributed by atoms with Gasteiger partial charge in [0.1, 0.15) is 6.10 Å². The molecule has 3 aliphatic heterocycles. The lowest BCUT2D eigenvalue weighted by atomic mass is 9.76. The van der Waals surface area contributed by atoms with Crippen LogP contribution in [0, 0.1) is 16.7 Å². The van der Waals surface area contributed by atoms with Gasteiger partial charge in [0.15, 0.2) is 0 Å². The number of likely N-dealkylation sites (tertiary alicyclic amines) is 2. The molecule has 3 saturated heterocycles. The number of esters is 1. The summed E-state index contributed by atoms with van der Waals surface area (Å²) in [5, 5.41) is 8.88. The summed E-state index contributed by atoms with van der Waals surface area (Å²) in [5.41, 5.74) is 0.721. The number of nitrogens with zero attached hydrogens (tertiary/aromatic N) is 3. The van der Waals surface area contributed by atoms with Gasteiger partial charge in [-0.05, 0) is 63.0 Å². The smallest absolute Gasteiger partial charge is 0.312 e. The highest BCUT2D eigenvalue weighted by Crippen LogP contribution is 2.43. The van der Waals surface area contributed by atoms with Gasteiger partial charge >= 0.3 is 5.97 Å². The standard InChI is InChI=1S/C21H25N3O3/c22-14-16-3-5-17(6-4-16)19(25)24-11-7-21(8-12-24)13-18(27-20(21)26)15-23-9-1-2-10-23/h3-6,18H,1-2,7-13,15H2. The highest BCUT2D eigenvalue weighted by Gasteiger charge is 2.51. The molecule has 0 aromatic heterocycles. The van der Waals surface area contributed by atoms with Crippen LogP contribution < -0.4 is 0 Å². The van der Waals surface area contributed by atoms with E-state index in [1.165, 1.54) is 12.8 Å². The molecule has 4 rings (SSSR count). The van der Waals surface area contributed by atoms with Gasteiger partial charge in [0.05, 0.1) is 17.0 Å². The minimum Gasteiger partial charge on any atom is -0.461 e. The lowest BCUT2D eigenvalue weighted by Gasteiger charge is -2.36. The molecular formula is C21H25N3O3. The Kier molecular flexibility index (Phi) is 4.88. The van der Waals surface area contributed by atoms with Gasteiger partial charge in [0.2, 0.25) is 0 Å². The lowest BCUT2D eigenvalue weighted by Crippen LogP contribution is -2.45. The molecule has 1 aromatic carbocycles. The summed E-state index contributed by atoms with van der Waals surface area (Å²) in [6.45, 7) is 4.21. The Balaban J connectivity index is 1.35. The number of hydrogen-bond donors (Lipinski definition) is 0. The predicted octanol–water partition coefficient (Wildman–Crippen LogP) is 2.19. The Labute approximate surface area is 159 Å². The van der Waals surface area contributed by atoms with E-state index < -0.39 is 5.41 Å². The molecule has 1 atom stereocenters. The number of piperidine rings is 1. The van der Waals surface area contributed by atoms with Gasteiger partial charge in [0, 0.05) is 31.6 Å². The van der Waals surface area contributed by atoms with Crippen LogP contribution in [0.25, 0.3) is 0 Å². The maximum atomic E-state index is 12.7. The van der Waals surface area contributed by atoms with Crippen LogP contribution in [-0.4, -0.2) is 60.5 Å². The summed E-state index contributed by atoms with van der Waals surface area (Å²) in [6.07, 6.45) is 4.59. The zero-order valence-corrected chi connectivity index (χ0v) is 15.5. The molecule has 1 amide bonds. The van der Waals surface area contributed by atoms with Crippen molar-refractivity contribution in [3.8, 4) is 6.07 Å². The molecule has 6 nitrogen and oxygen atoms in total. The minimum absolute atomic E-state index is 0.00335. The van der Waals surface area contributed by atoms with Gasteiger partial charge in [-0.2, -0.15) is 5.26 Å². The molecule has 1 unspecified atom stereocenters. The molecule has 0 radical (unpaired) electrons. The highest BCUT2D eigenvalue weighted by molar-refractivity contribution is 5.94. The van der Waals surface area contributed by atoms with Crippen LogP contribution in [-0.2, 0) is 9.53 Å². The summed E-state index contributed by atoms with van der Waals surface area (Å²) >= 11 is 0. The van der Waals surface area contributed by atoms with E-state index in [1.54, 1.807) is 24.3 Å². The quantitative estimate of drug-likeness (QED) is 0.766. The normalized spacial score (nSPS) is 24.8. The summed E-state index contributed by atoms with van der Waals surface area (Å²) in [6, 6.07) is 8.78. The van der Waals surface area contributed by atoms with Gasteiger partial charge in [-0.25, -0.2) is 0 Å². The van der Waals surface area contributed by atoms with E-state index in [4.69, 9.17) is 10.00 Å². The van der Waals surface area contributed by atoms with Crippen molar-refractivity contribution in [2.75, 3.05) is 32.7 Å². The SMILES string of the molecule is N#Cc1ccc(C(=O)N2CCC3(CC2)CC(CN2CCCC2)OC3=O)cc1. The molecular weight excluding hydrogens is 342 g/mol. The summed E-state index contributed by atoms with van der Waals surface area (Å²) in [5.74, 6) is -0.105. The second-order valence-electron chi connectivity index (χ2n) is 8.00. The number of ether oxygens (including phenoxy) is 1. The van der Waals surface area contributed by atoms with Crippen molar-refractivity contribution in [3.05, 3.63) is 35.4 Å². The molecule has 3 fully saturated rings. The van der Waals surface area contributed by atoms with Gasteiger partial charge in [0.25, 0.3) is 5.91 Å². The fraction of sp³-hybridized carbons (Fsp3) is 0.571. The van der Waals surface area contributed by atoms with Crippen molar-refractivity contribution >= 4 is 11.9 Å². The van der Waals surface area contributed by atoms with Crippen LogP contribution in [0.15, 0.2) is 24.3 Å². The van der Waals surface area contributed by atoms with E-state index in [9.17, 15) is 9.59 Å². The van der Waals surface area contributed by atoms with Crippen molar-refractivity contribution in [1.82, 2.24) is 9.80 Å². The first-order chi connectivity index (χ1) is 13.1. The molecule has 142 valence electrons. The maximum absolute atomic E-state index is 12.7. The molecule has 0 aliphatic carbocycles. The van der Waals surface area contributed by atoms with Gasteiger partial charge in [-0.3, -0.25) is 14.5 Å². The fourth-order valence-electron chi connectivity index (χ4n) is 4.61. The third kappa shape index (κ3) is 3.57. The largest absolute Gasteiger partial charge is 0.461 e. The Hall–Kier alpha value is -2.39. The van der Waals surface area contributed by atoms with Crippen molar-refractivity contribution in [2.45, 2.75) is 38.2 Å². The topological polar surface area (TPSA) is 73.6 Å². The molecule has 0 saturated carbocycles. The third-order valence-electron chi connectivity index (χ3n) is 6.25. The van der Waals surface area contributed by atoms with E-state index in [0.29, 0.717) is 37.1 Å². The Morgan fingerprint density at radius 2 is 1.81 bits per heavy atom. The number of benzene rings is 1. The Morgan fingerprint density at radius 3 is 2.44 bits per heavy atom. The Morgan fingerprint density at radius 1 is 1.15 bits per heavy atom. The summed E-state index contributed by atoms with van der Waals surface area (Å²) in [7, 11) is 0. The van der Waals surface area contributed by atoms with Crippen LogP contribution >= 0.6 is 0 Å². The fourth-order valence-corrected chi connectivity index (χ4v) is 4.61. The van der Waals surface area contributed by atoms with E-state index in [2.05, 4.69) is 11.0 Å². The predicted molar refractivity (Wildman–Crippen MR) is 98.9 cm³/mol. The van der Waals surface area contributed by atoms with Gasteiger partial charge in [-0.15, -0.1) is 0 Å². The number of amides is 1. The van der Waals surface area contributed by atoms with Crippen molar-refractivity contribution in [1.29, 1.82) is 5.26 Å². The van der Waals surface area contributed by atoms with Crippen LogP contribution in [0.3, 0.4) is 0 Å². The summed E-state index contributed by atoms with van der Waals surface area (Å²) in [4.78, 5) is 29.5.